The van der Waals surface area contributed by atoms with Crippen LogP contribution in [0.1, 0.15) is 23.7 Å². The van der Waals surface area contributed by atoms with Gasteiger partial charge >= 0.3 is 0 Å². The molecule has 1 N–H and O–H groups in total. The molecular formula is C18H25N3O2. The molecule has 0 spiro atoms. The normalized spacial score (nSPS) is 19.9. The molecule has 2 unspecified atom stereocenters. The number of ether oxygens (including phenoxy) is 1. The summed E-state index contributed by atoms with van der Waals surface area (Å²) in [6.07, 6.45) is 5.82. The van der Waals surface area contributed by atoms with Crippen molar-refractivity contribution in [3.63, 3.8) is 0 Å². The monoisotopic (exact) mass is 315 g/mol. The molecule has 2 heterocycles. The van der Waals surface area contributed by atoms with E-state index in [4.69, 9.17) is 4.74 Å². The van der Waals surface area contributed by atoms with Crippen LogP contribution in [0.25, 0.3) is 0 Å². The van der Waals surface area contributed by atoms with E-state index < -0.39 is 6.10 Å². The average molecular weight is 315 g/mol. The van der Waals surface area contributed by atoms with Crippen LogP contribution in [-0.2, 0) is 13.5 Å². The largest absolute Gasteiger partial charge is 0.497 e. The van der Waals surface area contributed by atoms with Crippen molar-refractivity contribution in [3.05, 3.63) is 47.8 Å². The Labute approximate surface area is 137 Å². The highest BCUT2D eigenvalue weighted by atomic mass is 16.5. The van der Waals surface area contributed by atoms with E-state index in [0.29, 0.717) is 12.5 Å². The number of nitrogens with zero attached hydrogens (tertiary/aromatic N) is 3. The molecule has 5 nitrogen and oxygen atoms in total. The van der Waals surface area contributed by atoms with Crippen LogP contribution in [-0.4, -0.2) is 46.5 Å². The van der Waals surface area contributed by atoms with Crippen LogP contribution in [0.4, 0.5) is 0 Å². The molecule has 0 radical (unpaired) electrons. The number of aryl methyl sites for hydroxylation is 1. The van der Waals surface area contributed by atoms with E-state index >= 15 is 0 Å². The number of β-amino-alcohol motifs (C(OH)–C–C–N with tert-alkyl or cyclic N) is 1. The van der Waals surface area contributed by atoms with Gasteiger partial charge in [-0.05, 0) is 48.6 Å². The predicted octanol–water partition coefficient (Wildman–Crippen LogP) is 2.03. The molecule has 3 rings (SSSR count). The van der Waals surface area contributed by atoms with Crippen LogP contribution >= 0.6 is 0 Å². The zero-order valence-corrected chi connectivity index (χ0v) is 13.9. The lowest BCUT2D eigenvalue weighted by Gasteiger charge is -2.20. The van der Waals surface area contributed by atoms with E-state index in [9.17, 15) is 5.11 Å². The summed E-state index contributed by atoms with van der Waals surface area (Å²) in [5, 5.41) is 14.7. The molecule has 1 saturated heterocycles. The van der Waals surface area contributed by atoms with Crippen LogP contribution in [0, 0.1) is 5.92 Å². The van der Waals surface area contributed by atoms with Gasteiger partial charge in [-0.2, -0.15) is 5.10 Å². The highest BCUT2D eigenvalue weighted by Gasteiger charge is 2.25. The van der Waals surface area contributed by atoms with Crippen molar-refractivity contribution in [2.45, 2.75) is 18.9 Å². The SMILES string of the molecule is COc1cccc(C(O)CN2CCC(Cc3cnn(C)c3)C2)c1. The minimum Gasteiger partial charge on any atom is -0.497 e. The molecule has 1 aliphatic rings. The number of aliphatic hydroxyl groups excluding tert-OH is 1. The lowest BCUT2D eigenvalue weighted by Crippen LogP contribution is -2.26. The minimum absolute atomic E-state index is 0.470. The summed E-state index contributed by atoms with van der Waals surface area (Å²) in [5.41, 5.74) is 2.22. The van der Waals surface area contributed by atoms with E-state index in [1.807, 2.05) is 42.2 Å². The number of hydrogen-bond acceptors (Lipinski definition) is 4. The highest BCUT2D eigenvalue weighted by molar-refractivity contribution is 5.30. The predicted molar refractivity (Wildman–Crippen MR) is 89.4 cm³/mol. The molecular weight excluding hydrogens is 290 g/mol. The molecule has 124 valence electrons. The first-order valence-electron chi connectivity index (χ1n) is 8.16. The molecule has 2 aromatic rings. The number of aromatic nitrogens is 2. The minimum atomic E-state index is -0.470. The number of benzene rings is 1. The lowest BCUT2D eigenvalue weighted by atomic mass is 10.0. The number of methoxy groups -OCH3 is 1. The van der Waals surface area contributed by atoms with Gasteiger partial charge in [0.05, 0.1) is 19.4 Å². The molecule has 1 fully saturated rings. The third kappa shape index (κ3) is 4.12. The van der Waals surface area contributed by atoms with E-state index in [-0.39, 0.29) is 0 Å². The first kappa shape index (κ1) is 16.0. The third-order valence-electron chi connectivity index (χ3n) is 4.56. The van der Waals surface area contributed by atoms with Gasteiger partial charge in [-0.25, -0.2) is 0 Å². The van der Waals surface area contributed by atoms with Gasteiger partial charge in [0.1, 0.15) is 5.75 Å². The van der Waals surface area contributed by atoms with Gasteiger partial charge in [0.25, 0.3) is 0 Å². The Balaban J connectivity index is 1.52. The first-order valence-corrected chi connectivity index (χ1v) is 8.16. The van der Waals surface area contributed by atoms with Crippen molar-refractivity contribution in [1.29, 1.82) is 0 Å². The number of likely N-dealkylation sites (tertiary alicyclic amines) is 1. The van der Waals surface area contributed by atoms with E-state index in [1.165, 1.54) is 12.0 Å². The van der Waals surface area contributed by atoms with Gasteiger partial charge in [-0.15, -0.1) is 0 Å². The summed E-state index contributed by atoms with van der Waals surface area (Å²) in [7, 11) is 3.60. The topological polar surface area (TPSA) is 50.5 Å². The van der Waals surface area contributed by atoms with Gasteiger partial charge in [0, 0.05) is 26.3 Å². The fourth-order valence-electron chi connectivity index (χ4n) is 3.35. The van der Waals surface area contributed by atoms with Crippen LogP contribution in [0.2, 0.25) is 0 Å². The smallest absolute Gasteiger partial charge is 0.119 e. The van der Waals surface area contributed by atoms with Crippen molar-refractivity contribution in [1.82, 2.24) is 14.7 Å². The molecule has 1 aromatic heterocycles. The Kier molecular flexibility index (Phi) is 4.98. The summed E-state index contributed by atoms with van der Waals surface area (Å²) in [5.74, 6) is 1.44. The summed E-state index contributed by atoms with van der Waals surface area (Å²) < 4.78 is 7.08. The quantitative estimate of drug-likeness (QED) is 0.886. The molecule has 0 amide bonds. The third-order valence-corrected chi connectivity index (χ3v) is 4.56. The zero-order valence-electron chi connectivity index (χ0n) is 13.9. The van der Waals surface area contributed by atoms with E-state index in [1.54, 1.807) is 7.11 Å². The maximum atomic E-state index is 10.5. The molecule has 1 aromatic carbocycles. The van der Waals surface area contributed by atoms with Gasteiger partial charge in [0.2, 0.25) is 0 Å². The number of rotatable bonds is 6. The van der Waals surface area contributed by atoms with Crippen molar-refractivity contribution < 1.29 is 9.84 Å². The first-order chi connectivity index (χ1) is 11.1. The van der Waals surface area contributed by atoms with Crippen molar-refractivity contribution >= 4 is 0 Å². The van der Waals surface area contributed by atoms with E-state index in [2.05, 4.69) is 16.2 Å². The van der Waals surface area contributed by atoms with Crippen LogP contribution in [0.15, 0.2) is 36.7 Å². The zero-order chi connectivity index (χ0) is 16.2. The number of aliphatic hydroxyl groups is 1. The Bertz CT molecular complexity index is 641. The molecule has 0 bridgehead atoms. The Morgan fingerprint density at radius 1 is 1.43 bits per heavy atom. The van der Waals surface area contributed by atoms with Gasteiger partial charge in [-0.1, -0.05) is 12.1 Å². The molecule has 2 atom stereocenters. The highest BCUT2D eigenvalue weighted by Crippen LogP contribution is 2.25. The average Bonchev–Trinajstić information content (AvgIpc) is 3.16. The van der Waals surface area contributed by atoms with Crippen LogP contribution in [0.5, 0.6) is 5.75 Å². The van der Waals surface area contributed by atoms with Crippen molar-refractivity contribution in [2.24, 2.45) is 13.0 Å². The van der Waals surface area contributed by atoms with Gasteiger partial charge < -0.3 is 14.7 Å². The van der Waals surface area contributed by atoms with Crippen LogP contribution < -0.4 is 4.74 Å². The fourth-order valence-corrected chi connectivity index (χ4v) is 3.35. The maximum absolute atomic E-state index is 10.5. The number of hydrogen-bond donors (Lipinski definition) is 1. The second-order valence-corrected chi connectivity index (χ2v) is 6.43. The van der Waals surface area contributed by atoms with Gasteiger partial charge in [0.15, 0.2) is 0 Å². The maximum Gasteiger partial charge on any atom is 0.119 e. The second kappa shape index (κ2) is 7.15. The second-order valence-electron chi connectivity index (χ2n) is 6.43. The van der Waals surface area contributed by atoms with Crippen molar-refractivity contribution in [2.75, 3.05) is 26.7 Å². The summed E-state index contributed by atoms with van der Waals surface area (Å²) >= 11 is 0. The van der Waals surface area contributed by atoms with Crippen LogP contribution in [0.3, 0.4) is 0 Å². The molecule has 23 heavy (non-hydrogen) atoms. The Morgan fingerprint density at radius 3 is 3.04 bits per heavy atom. The summed E-state index contributed by atoms with van der Waals surface area (Å²) in [6, 6.07) is 7.69. The molecule has 1 aliphatic heterocycles. The summed E-state index contributed by atoms with van der Waals surface area (Å²) in [6.45, 7) is 2.76. The lowest BCUT2D eigenvalue weighted by molar-refractivity contribution is 0.124. The molecule has 0 saturated carbocycles. The molecule has 0 aliphatic carbocycles. The Hall–Kier alpha value is -1.85. The molecule has 5 heteroatoms. The van der Waals surface area contributed by atoms with E-state index in [0.717, 1.165) is 30.8 Å². The Morgan fingerprint density at radius 2 is 2.30 bits per heavy atom. The van der Waals surface area contributed by atoms with Gasteiger partial charge in [-0.3, -0.25) is 4.68 Å². The fraction of sp³-hybridized carbons (Fsp3) is 0.500. The standard InChI is InChI=1S/C18H25N3O2/c1-20-11-15(10-19-20)8-14-6-7-21(12-14)13-18(22)16-4-3-5-17(9-16)23-2/h3-5,9-11,14,18,22H,6-8,12-13H2,1-2H3. The summed E-state index contributed by atoms with van der Waals surface area (Å²) in [4.78, 5) is 2.35. The van der Waals surface area contributed by atoms with Crippen molar-refractivity contribution in [3.8, 4) is 5.75 Å².